The van der Waals surface area contributed by atoms with Gasteiger partial charge in [0.15, 0.2) is 5.78 Å². The highest BCUT2D eigenvalue weighted by molar-refractivity contribution is 8.01. The maximum absolute atomic E-state index is 11.4. The Hall–Kier alpha value is -0.480. The van der Waals surface area contributed by atoms with Gasteiger partial charge in [-0.05, 0) is 24.5 Å². The largest absolute Gasteiger partial charge is 0.397 e. The molecule has 0 amide bonds. The van der Waals surface area contributed by atoms with Crippen molar-refractivity contribution in [3.05, 3.63) is 10.4 Å². The average molecular weight is 241 g/mol. The van der Waals surface area contributed by atoms with Gasteiger partial charge in [-0.1, -0.05) is 6.92 Å². The Kier molecular flexibility index (Phi) is 3.07. The lowest BCUT2D eigenvalue weighted by Gasteiger charge is -2.00. The second kappa shape index (κ2) is 4.18. The molecular formula is C11H15NOS2. The Labute approximate surface area is 98.2 Å². The Morgan fingerprint density at radius 2 is 2.27 bits per heavy atom. The predicted molar refractivity (Wildman–Crippen MR) is 67.1 cm³/mol. The van der Waals surface area contributed by atoms with E-state index in [-0.39, 0.29) is 5.78 Å². The SMILES string of the molecule is CCSc1sc(C(C)=O)c(N)c1C1CC1. The van der Waals surface area contributed by atoms with E-state index >= 15 is 0 Å². The minimum atomic E-state index is 0.0994. The third-order valence-electron chi connectivity index (χ3n) is 2.53. The van der Waals surface area contributed by atoms with E-state index in [0.717, 1.165) is 16.3 Å². The van der Waals surface area contributed by atoms with Gasteiger partial charge in [-0.3, -0.25) is 4.79 Å². The second-order valence-electron chi connectivity index (χ2n) is 3.81. The Morgan fingerprint density at radius 1 is 1.60 bits per heavy atom. The molecule has 82 valence electrons. The Morgan fingerprint density at radius 3 is 2.73 bits per heavy atom. The van der Waals surface area contributed by atoms with Crippen molar-refractivity contribution in [1.82, 2.24) is 0 Å². The molecule has 0 spiro atoms. The smallest absolute Gasteiger partial charge is 0.171 e. The highest BCUT2D eigenvalue weighted by atomic mass is 32.2. The fraction of sp³-hybridized carbons (Fsp3) is 0.545. The van der Waals surface area contributed by atoms with Crippen molar-refractivity contribution in [3.8, 4) is 0 Å². The van der Waals surface area contributed by atoms with E-state index in [0.29, 0.717) is 5.92 Å². The van der Waals surface area contributed by atoms with Gasteiger partial charge in [-0.2, -0.15) is 0 Å². The van der Waals surface area contributed by atoms with E-state index in [2.05, 4.69) is 6.92 Å². The van der Waals surface area contributed by atoms with Crippen LogP contribution in [0.15, 0.2) is 4.21 Å². The number of nitrogen functional groups attached to an aromatic ring is 1. The molecule has 0 radical (unpaired) electrons. The first-order valence-electron chi connectivity index (χ1n) is 5.21. The van der Waals surface area contributed by atoms with Crippen LogP contribution in [0.2, 0.25) is 0 Å². The molecule has 1 aromatic heterocycles. The molecule has 1 aromatic rings. The number of rotatable bonds is 4. The van der Waals surface area contributed by atoms with Crippen LogP contribution >= 0.6 is 23.1 Å². The van der Waals surface area contributed by atoms with E-state index in [4.69, 9.17) is 5.73 Å². The predicted octanol–water partition coefficient (Wildman–Crippen LogP) is 3.52. The van der Waals surface area contributed by atoms with Crippen LogP contribution in [0.25, 0.3) is 0 Å². The molecule has 0 bridgehead atoms. The number of carbonyl (C=O) groups is 1. The van der Waals surface area contributed by atoms with E-state index in [1.807, 2.05) is 11.8 Å². The summed E-state index contributed by atoms with van der Waals surface area (Å²) in [6, 6.07) is 0. The molecule has 2 N–H and O–H groups in total. The molecule has 15 heavy (non-hydrogen) atoms. The lowest BCUT2D eigenvalue weighted by Crippen LogP contribution is -1.96. The summed E-state index contributed by atoms with van der Waals surface area (Å²) in [5, 5.41) is 0. The van der Waals surface area contributed by atoms with E-state index < -0.39 is 0 Å². The van der Waals surface area contributed by atoms with Gasteiger partial charge < -0.3 is 5.73 Å². The molecule has 1 fully saturated rings. The van der Waals surface area contributed by atoms with Crippen LogP contribution in [0.3, 0.4) is 0 Å². The normalized spacial score (nSPS) is 15.6. The minimum Gasteiger partial charge on any atom is -0.397 e. The van der Waals surface area contributed by atoms with E-state index in [1.54, 1.807) is 18.3 Å². The summed E-state index contributed by atoms with van der Waals surface area (Å²) in [5.74, 6) is 1.77. The summed E-state index contributed by atoms with van der Waals surface area (Å²) < 4.78 is 1.27. The summed E-state index contributed by atoms with van der Waals surface area (Å²) in [6.07, 6.45) is 2.46. The number of carbonyl (C=O) groups excluding carboxylic acids is 1. The number of nitrogens with two attached hydrogens (primary N) is 1. The first kappa shape index (κ1) is 11.0. The fourth-order valence-electron chi connectivity index (χ4n) is 1.69. The van der Waals surface area contributed by atoms with Gasteiger partial charge in [-0.25, -0.2) is 0 Å². The van der Waals surface area contributed by atoms with Crippen molar-refractivity contribution >= 4 is 34.6 Å². The Balaban J connectivity index is 2.43. The highest BCUT2D eigenvalue weighted by Crippen LogP contribution is 2.51. The zero-order chi connectivity index (χ0) is 11.0. The molecule has 2 rings (SSSR count). The van der Waals surface area contributed by atoms with Crippen molar-refractivity contribution in [2.45, 2.75) is 36.8 Å². The van der Waals surface area contributed by atoms with Crippen LogP contribution in [0.1, 0.15) is 47.8 Å². The minimum absolute atomic E-state index is 0.0994. The number of thiophene rings is 1. The molecule has 0 aliphatic heterocycles. The molecule has 4 heteroatoms. The van der Waals surface area contributed by atoms with Gasteiger partial charge in [0.25, 0.3) is 0 Å². The van der Waals surface area contributed by atoms with Gasteiger partial charge >= 0.3 is 0 Å². The molecule has 2 nitrogen and oxygen atoms in total. The highest BCUT2D eigenvalue weighted by Gasteiger charge is 2.31. The number of hydrogen-bond donors (Lipinski definition) is 1. The Bertz CT molecular complexity index is 394. The summed E-state index contributed by atoms with van der Waals surface area (Å²) in [5.41, 5.74) is 8.07. The summed E-state index contributed by atoms with van der Waals surface area (Å²) >= 11 is 3.38. The van der Waals surface area contributed by atoms with Crippen LogP contribution in [-0.2, 0) is 0 Å². The van der Waals surface area contributed by atoms with Crippen molar-refractivity contribution in [1.29, 1.82) is 0 Å². The third-order valence-corrected chi connectivity index (χ3v) is 5.02. The van der Waals surface area contributed by atoms with Crippen LogP contribution in [0.4, 0.5) is 5.69 Å². The summed E-state index contributed by atoms with van der Waals surface area (Å²) in [4.78, 5) is 12.2. The lowest BCUT2D eigenvalue weighted by atomic mass is 10.1. The van der Waals surface area contributed by atoms with Gasteiger partial charge in [0.05, 0.1) is 14.8 Å². The van der Waals surface area contributed by atoms with Gasteiger partial charge in [0.1, 0.15) is 0 Å². The topological polar surface area (TPSA) is 43.1 Å². The van der Waals surface area contributed by atoms with Crippen LogP contribution in [-0.4, -0.2) is 11.5 Å². The van der Waals surface area contributed by atoms with Gasteiger partial charge in [0, 0.05) is 12.5 Å². The van der Waals surface area contributed by atoms with E-state index in [1.165, 1.54) is 22.6 Å². The molecule has 0 atom stereocenters. The maximum Gasteiger partial charge on any atom is 0.171 e. The molecule has 1 heterocycles. The summed E-state index contributed by atoms with van der Waals surface area (Å²) in [7, 11) is 0. The van der Waals surface area contributed by atoms with Crippen LogP contribution in [0.5, 0.6) is 0 Å². The lowest BCUT2D eigenvalue weighted by molar-refractivity contribution is 0.102. The van der Waals surface area contributed by atoms with Crippen molar-refractivity contribution in [2.24, 2.45) is 0 Å². The van der Waals surface area contributed by atoms with Gasteiger partial charge in [-0.15, -0.1) is 23.1 Å². The monoisotopic (exact) mass is 241 g/mol. The fourth-order valence-corrected chi connectivity index (χ4v) is 4.16. The van der Waals surface area contributed by atoms with Crippen LogP contribution in [0, 0.1) is 0 Å². The number of Topliss-reactive ketones (excluding diaryl/α,β-unsaturated/α-hetero) is 1. The maximum atomic E-state index is 11.4. The number of anilines is 1. The second-order valence-corrected chi connectivity index (χ2v) is 6.36. The quantitative estimate of drug-likeness (QED) is 0.648. The number of ketones is 1. The molecule has 1 aliphatic carbocycles. The molecule has 0 aromatic carbocycles. The van der Waals surface area contributed by atoms with E-state index in [9.17, 15) is 4.79 Å². The zero-order valence-electron chi connectivity index (χ0n) is 9.00. The number of thioether (sulfide) groups is 1. The number of hydrogen-bond acceptors (Lipinski definition) is 4. The average Bonchev–Trinajstić information content (AvgIpc) is 2.93. The van der Waals surface area contributed by atoms with Crippen molar-refractivity contribution in [3.63, 3.8) is 0 Å². The first-order valence-corrected chi connectivity index (χ1v) is 7.01. The first-order chi connectivity index (χ1) is 7.15. The van der Waals surface area contributed by atoms with Crippen LogP contribution < -0.4 is 5.73 Å². The standard InChI is InChI=1S/C11H15NOS2/c1-3-14-11-8(7-4-5-7)9(12)10(15-11)6(2)13/h7H,3-5,12H2,1-2H3. The molecule has 1 saturated carbocycles. The third kappa shape index (κ3) is 2.06. The summed E-state index contributed by atoms with van der Waals surface area (Å²) in [6.45, 7) is 3.73. The molecule has 1 aliphatic rings. The molecule has 0 unspecified atom stereocenters. The zero-order valence-corrected chi connectivity index (χ0v) is 10.6. The van der Waals surface area contributed by atoms with Gasteiger partial charge in [0.2, 0.25) is 0 Å². The van der Waals surface area contributed by atoms with Crippen molar-refractivity contribution < 1.29 is 4.79 Å². The van der Waals surface area contributed by atoms with Crippen molar-refractivity contribution in [2.75, 3.05) is 11.5 Å². The molecular weight excluding hydrogens is 226 g/mol. The molecule has 0 saturated heterocycles.